The average Bonchev–Trinajstić information content (AvgIpc) is 2.06. The highest BCUT2D eigenvalue weighted by molar-refractivity contribution is 5.04. The second-order valence-electron chi connectivity index (χ2n) is 4.26. The van der Waals surface area contributed by atoms with Crippen LogP contribution in [0.2, 0.25) is 0 Å². The molecule has 0 saturated heterocycles. The predicted molar refractivity (Wildman–Crippen MR) is 44.9 cm³/mol. The Morgan fingerprint density at radius 2 is 1.92 bits per heavy atom. The molecule has 3 heteroatoms. The van der Waals surface area contributed by atoms with E-state index in [1.54, 1.807) is 6.92 Å². The van der Waals surface area contributed by atoms with Gasteiger partial charge in [0.05, 0.1) is 0 Å². The summed E-state index contributed by atoms with van der Waals surface area (Å²) < 4.78 is 10.00. The summed E-state index contributed by atoms with van der Waals surface area (Å²) in [4.78, 5) is 0. The Hall–Kier alpha value is -0.700. The second kappa shape index (κ2) is 2.98. The SMILES string of the molecule is CC1=C(CC(C)(C)C)OC(O)O1. The lowest BCUT2D eigenvalue weighted by Crippen LogP contribution is -2.10. The van der Waals surface area contributed by atoms with E-state index in [1.807, 2.05) is 0 Å². The maximum absolute atomic E-state index is 8.98. The summed E-state index contributed by atoms with van der Waals surface area (Å²) in [7, 11) is 0. The molecule has 0 aromatic rings. The van der Waals surface area contributed by atoms with Crippen molar-refractivity contribution in [3.8, 4) is 0 Å². The van der Waals surface area contributed by atoms with Gasteiger partial charge in [-0.15, -0.1) is 0 Å². The highest BCUT2D eigenvalue weighted by Gasteiger charge is 2.25. The average molecular weight is 172 g/mol. The summed E-state index contributed by atoms with van der Waals surface area (Å²) in [5.74, 6) is 1.45. The minimum absolute atomic E-state index is 0.157. The van der Waals surface area contributed by atoms with Gasteiger partial charge < -0.3 is 14.6 Å². The van der Waals surface area contributed by atoms with Gasteiger partial charge in [-0.1, -0.05) is 20.8 Å². The van der Waals surface area contributed by atoms with E-state index in [1.165, 1.54) is 0 Å². The molecule has 0 aromatic carbocycles. The molecule has 1 aliphatic heterocycles. The fourth-order valence-corrected chi connectivity index (χ4v) is 1.09. The minimum atomic E-state index is -1.10. The number of hydrogen-bond acceptors (Lipinski definition) is 3. The van der Waals surface area contributed by atoms with Crippen LogP contribution in [0.3, 0.4) is 0 Å². The Labute approximate surface area is 73.0 Å². The number of ether oxygens (including phenoxy) is 2. The Morgan fingerprint density at radius 1 is 1.33 bits per heavy atom. The molecular weight excluding hydrogens is 156 g/mol. The molecule has 1 unspecified atom stereocenters. The van der Waals surface area contributed by atoms with Crippen molar-refractivity contribution in [2.24, 2.45) is 5.41 Å². The minimum Gasteiger partial charge on any atom is -0.434 e. The third-order valence-electron chi connectivity index (χ3n) is 1.60. The van der Waals surface area contributed by atoms with Crippen molar-refractivity contribution in [1.82, 2.24) is 0 Å². The zero-order valence-electron chi connectivity index (χ0n) is 8.05. The quantitative estimate of drug-likeness (QED) is 0.657. The first-order chi connectivity index (χ1) is 5.38. The molecule has 0 bridgehead atoms. The van der Waals surface area contributed by atoms with Crippen LogP contribution in [0, 0.1) is 5.41 Å². The van der Waals surface area contributed by atoms with Crippen LogP contribution in [0.5, 0.6) is 0 Å². The number of allylic oxidation sites excluding steroid dienone is 2. The maximum atomic E-state index is 8.98. The number of aliphatic hydroxyl groups excluding tert-OH is 1. The Kier molecular flexibility index (Phi) is 2.33. The monoisotopic (exact) mass is 172 g/mol. The third-order valence-corrected chi connectivity index (χ3v) is 1.60. The second-order valence-corrected chi connectivity index (χ2v) is 4.26. The van der Waals surface area contributed by atoms with Gasteiger partial charge in [0.15, 0.2) is 0 Å². The van der Waals surface area contributed by atoms with Crippen LogP contribution in [-0.2, 0) is 9.47 Å². The topological polar surface area (TPSA) is 38.7 Å². The molecule has 1 N–H and O–H groups in total. The van der Waals surface area contributed by atoms with Crippen LogP contribution in [0.25, 0.3) is 0 Å². The lowest BCUT2D eigenvalue weighted by atomic mass is 9.91. The smallest absolute Gasteiger partial charge is 0.357 e. The molecule has 0 saturated carbocycles. The summed E-state index contributed by atoms with van der Waals surface area (Å²) in [6, 6.07) is 0. The van der Waals surface area contributed by atoms with Crippen LogP contribution >= 0.6 is 0 Å². The molecule has 0 amide bonds. The number of aliphatic hydroxyl groups is 1. The summed E-state index contributed by atoms with van der Waals surface area (Å²) in [5, 5.41) is 8.98. The lowest BCUT2D eigenvalue weighted by Gasteiger charge is -2.17. The van der Waals surface area contributed by atoms with E-state index >= 15 is 0 Å². The van der Waals surface area contributed by atoms with E-state index in [0.717, 1.165) is 12.2 Å². The highest BCUT2D eigenvalue weighted by Crippen LogP contribution is 2.31. The van der Waals surface area contributed by atoms with Crippen molar-refractivity contribution in [1.29, 1.82) is 0 Å². The Morgan fingerprint density at radius 3 is 2.25 bits per heavy atom. The largest absolute Gasteiger partial charge is 0.434 e. The molecular formula is C9H16O3. The van der Waals surface area contributed by atoms with Gasteiger partial charge in [-0.3, -0.25) is 0 Å². The van der Waals surface area contributed by atoms with E-state index in [4.69, 9.17) is 14.6 Å². The molecule has 1 atom stereocenters. The van der Waals surface area contributed by atoms with Crippen molar-refractivity contribution in [3.63, 3.8) is 0 Å². The molecule has 0 radical (unpaired) electrons. The summed E-state index contributed by atoms with van der Waals surface area (Å²) in [6.45, 7) is 7.05. The summed E-state index contributed by atoms with van der Waals surface area (Å²) in [6.07, 6.45) is 0.788. The van der Waals surface area contributed by atoms with E-state index < -0.39 is 6.48 Å². The molecule has 1 aliphatic rings. The van der Waals surface area contributed by atoms with E-state index in [-0.39, 0.29) is 5.41 Å². The van der Waals surface area contributed by atoms with Crippen LogP contribution in [0.1, 0.15) is 34.1 Å². The zero-order chi connectivity index (χ0) is 9.35. The predicted octanol–water partition coefficient (Wildman–Crippen LogP) is 1.98. The highest BCUT2D eigenvalue weighted by atomic mass is 16.8. The molecule has 1 rings (SSSR count). The van der Waals surface area contributed by atoms with Gasteiger partial charge in [0.25, 0.3) is 0 Å². The fourth-order valence-electron chi connectivity index (χ4n) is 1.09. The van der Waals surface area contributed by atoms with Gasteiger partial charge in [-0.05, 0) is 12.3 Å². The summed E-state index contributed by atoms with van der Waals surface area (Å²) in [5.41, 5.74) is 0.157. The summed E-state index contributed by atoms with van der Waals surface area (Å²) >= 11 is 0. The molecule has 12 heavy (non-hydrogen) atoms. The van der Waals surface area contributed by atoms with Crippen LogP contribution < -0.4 is 0 Å². The van der Waals surface area contributed by atoms with Gasteiger partial charge in [-0.25, -0.2) is 0 Å². The standard InChI is InChI=1S/C9H16O3/c1-6-7(5-9(2,3)4)12-8(10)11-6/h8,10H,5H2,1-4H3. The molecule has 70 valence electrons. The normalized spacial score (nSPS) is 23.9. The molecule has 0 fully saturated rings. The molecule has 1 heterocycles. The maximum Gasteiger partial charge on any atom is 0.357 e. The van der Waals surface area contributed by atoms with E-state index in [2.05, 4.69) is 20.8 Å². The van der Waals surface area contributed by atoms with Crippen LogP contribution in [0.15, 0.2) is 11.5 Å². The van der Waals surface area contributed by atoms with Crippen molar-refractivity contribution in [3.05, 3.63) is 11.5 Å². The fraction of sp³-hybridized carbons (Fsp3) is 0.778. The first-order valence-corrected chi connectivity index (χ1v) is 4.09. The first-order valence-electron chi connectivity index (χ1n) is 4.09. The Balaban J connectivity index is 2.59. The van der Waals surface area contributed by atoms with Gasteiger partial charge in [-0.2, -0.15) is 0 Å². The van der Waals surface area contributed by atoms with Crippen LogP contribution in [-0.4, -0.2) is 11.6 Å². The Bertz CT molecular complexity index is 200. The van der Waals surface area contributed by atoms with Crippen LogP contribution in [0.4, 0.5) is 0 Å². The molecule has 0 aliphatic carbocycles. The van der Waals surface area contributed by atoms with E-state index in [0.29, 0.717) is 5.76 Å². The van der Waals surface area contributed by atoms with E-state index in [9.17, 15) is 0 Å². The lowest BCUT2D eigenvalue weighted by molar-refractivity contribution is -0.193. The first kappa shape index (κ1) is 9.39. The third kappa shape index (κ3) is 2.41. The van der Waals surface area contributed by atoms with Crippen molar-refractivity contribution in [2.45, 2.75) is 40.6 Å². The van der Waals surface area contributed by atoms with Crippen molar-refractivity contribution in [2.75, 3.05) is 0 Å². The molecule has 0 spiro atoms. The number of rotatable bonds is 1. The number of hydrogen-bond donors (Lipinski definition) is 1. The van der Waals surface area contributed by atoms with Crippen molar-refractivity contribution >= 4 is 0 Å². The van der Waals surface area contributed by atoms with Crippen molar-refractivity contribution < 1.29 is 14.6 Å². The van der Waals surface area contributed by atoms with Gasteiger partial charge in [0.1, 0.15) is 11.5 Å². The molecule has 0 aromatic heterocycles. The zero-order valence-corrected chi connectivity index (χ0v) is 8.05. The van der Waals surface area contributed by atoms with Gasteiger partial charge in [0.2, 0.25) is 0 Å². The van der Waals surface area contributed by atoms with Gasteiger partial charge >= 0.3 is 6.48 Å². The van der Waals surface area contributed by atoms with Gasteiger partial charge in [0, 0.05) is 6.42 Å². The molecule has 3 nitrogen and oxygen atoms in total.